The molecule has 0 aromatic carbocycles. The molecule has 3 saturated heterocycles. The maximum absolute atomic E-state index is 5.71. The highest BCUT2D eigenvalue weighted by Crippen LogP contribution is 2.41. The molecule has 4 fully saturated rings. The van der Waals surface area contributed by atoms with Crippen LogP contribution >= 0.6 is 11.3 Å². The molecular formula is C27H34N8OS. The summed E-state index contributed by atoms with van der Waals surface area (Å²) in [5, 5.41) is 14.6. The Bertz CT molecular complexity index is 1220. The summed E-state index contributed by atoms with van der Waals surface area (Å²) in [6.45, 7) is 6.55. The van der Waals surface area contributed by atoms with Crippen molar-refractivity contribution >= 4 is 22.8 Å². The van der Waals surface area contributed by atoms with Crippen LogP contribution in [0, 0.1) is 5.92 Å². The number of hydrogen-bond acceptors (Lipinski definition) is 10. The Morgan fingerprint density at radius 3 is 2.59 bits per heavy atom. The largest absolute Gasteiger partial charge is 0.378 e. The van der Waals surface area contributed by atoms with E-state index >= 15 is 0 Å². The van der Waals surface area contributed by atoms with Gasteiger partial charge in [0.1, 0.15) is 21.9 Å². The van der Waals surface area contributed by atoms with Gasteiger partial charge in [0, 0.05) is 32.2 Å². The molecule has 3 aromatic heterocycles. The molecule has 7 rings (SSSR count). The van der Waals surface area contributed by atoms with Gasteiger partial charge in [-0.2, -0.15) is 0 Å². The summed E-state index contributed by atoms with van der Waals surface area (Å²) in [7, 11) is 0. The second kappa shape index (κ2) is 9.89. The highest BCUT2D eigenvalue weighted by atomic mass is 32.1. The van der Waals surface area contributed by atoms with Crippen LogP contribution in [0.25, 0.3) is 10.7 Å². The molecule has 0 radical (unpaired) electrons. The Balaban J connectivity index is 1.08. The SMILES string of the molecule is c1cc(C2(c3nnc(-c4cncc(N5CCCC5)n4)s3)COC2)ncc1N1CCCC(NCC2CC2)C1. The number of nitrogens with zero attached hydrogens (tertiary/aromatic N) is 7. The van der Waals surface area contributed by atoms with Gasteiger partial charge in [-0.25, -0.2) is 4.98 Å². The number of nitrogens with one attached hydrogen (secondary N) is 1. The lowest BCUT2D eigenvalue weighted by Gasteiger charge is -2.39. The van der Waals surface area contributed by atoms with Crippen LogP contribution in [0.3, 0.4) is 0 Å². The number of ether oxygens (including phenoxy) is 1. The minimum absolute atomic E-state index is 0.343. The molecule has 10 heteroatoms. The fourth-order valence-electron chi connectivity index (χ4n) is 5.65. The van der Waals surface area contributed by atoms with Crippen LogP contribution in [0.5, 0.6) is 0 Å². The average Bonchev–Trinajstić information content (AvgIpc) is 3.36. The minimum atomic E-state index is -0.343. The van der Waals surface area contributed by atoms with Crippen molar-refractivity contribution in [3.05, 3.63) is 41.4 Å². The zero-order valence-corrected chi connectivity index (χ0v) is 22.0. The first-order chi connectivity index (χ1) is 18.3. The molecule has 194 valence electrons. The number of aromatic nitrogens is 5. The normalized spacial score (nSPS) is 23.3. The van der Waals surface area contributed by atoms with Crippen molar-refractivity contribution in [3.63, 3.8) is 0 Å². The lowest BCUT2D eigenvalue weighted by molar-refractivity contribution is -0.0403. The van der Waals surface area contributed by atoms with Crippen LogP contribution in [0.15, 0.2) is 30.7 Å². The van der Waals surface area contributed by atoms with Gasteiger partial charge in [0.2, 0.25) is 0 Å². The average molecular weight is 519 g/mol. The molecular weight excluding hydrogens is 484 g/mol. The molecule has 0 bridgehead atoms. The minimum Gasteiger partial charge on any atom is -0.378 e. The van der Waals surface area contributed by atoms with Crippen LogP contribution < -0.4 is 15.1 Å². The van der Waals surface area contributed by atoms with E-state index in [4.69, 9.17) is 14.7 Å². The zero-order valence-electron chi connectivity index (χ0n) is 21.2. The second-order valence-electron chi connectivity index (χ2n) is 11.0. The molecule has 1 aliphatic carbocycles. The molecule has 3 aromatic rings. The number of pyridine rings is 1. The first-order valence-corrected chi connectivity index (χ1v) is 14.5. The summed E-state index contributed by atoms with van der Waals surface area (Å²) in [5.41, 5.74) is 2.64. The molecule has 6 heterocycles. The van der Waals surface area contributed by atoms with Crippen molar-refractivity contribution in [1.29, 1.82) is 0 Å². The van der Waals surface area contributed by atoms with Crippen LogP contribution in [0.2, 0.25) is 0 Å². The van der Waals surface area contributed by atoms with E-state index in [1.165, 1.54) is 50.8 Å². The van der Waals surface area contributed by atoms with Crippen molar-refractivity contribution in [1.82, 2.24) is 30.5 Å². The number of hydrogen-bond donors (Lipinski definition) is 1. The van der Waals surface area contributed by atoms with Gasteiger partial charge in [-0.1, -0.05) is 11.3 Å². The lowest BCUT2D eigenvalue weighted by Crippen LogP contribution is -2.48. The molecule has 4 aliphatic rings. The maximum atomic E-state index is 5.71. The highest BCUT2D eigenvalue weighted by molar-refractivity contribution is 7.14. The molecule has 1 atom stereocenters. The molecule has 37 heavy (non-hydrogen) atoms. The van der Waals surface area contributed by atoms with Crippen molar-refractivity contribution < 1.29 is 4.74 Å². The Morgan fingerprint density at radius 2 is 1.84 bits per heavy atom. The summed E-state index contributed by atoms with van der Waals surface area (Å²) in [6, 6.07) is 4.96. The Hall–Kier alpha value is -2.69. The van der Waals surface area contributed by atoms with E-state index < -0.39 is 0 Å². The first kappa shape index (κ1) is 23.4. The summed E-state index contributed by atoms with van der Waals surface area (Å²) in [4.78, 5) is 19.0. The Labute approximate surface area is 221 Å². The third kappa shape index (κ3) is 4.70. The smallest absolute Gasteiger partial charge is 0.168 e. The van der Waals surface area contributed by atoms with E-state index in [-0.39, 0.29) is 5.41 Å². The zero-order chi connectivity index (χ0) is 24.7. The van der Waals surface area contributed by atoms with Gasteiger partial charge >= 0.3 is 0 Å². The fourth-order valence-corrected chi connectivity index (χ4v) is 6.62. The second-order valence-corrected chi connectivity index (χ2v) is 12.0. The number of piperidine rings is 1. The molecule has 1 N–H and O–H groups in total. The molecule has 1 unspecified atom stereocenters. The predicted molar refractivity (Wildman–Crippen MR) is 144 cm³/mol. The van der Waals surface area contributed by atoms with Crippen molar-refractivity contribution in [3.8, 4) is 10.7 Å². The van der Waals surface area contributed by atoms with Gasteiger partial charge in [0.15, 0.2) is 5.01 Å². The summed E-state index contributed by atoms with van der Waals surface area (Å²) < 4.78 is 5.71. The third-order valence-electron chi connectivity index (χ3n) is 8.22. The van der Waals surface area contributed by atoms with E-state index in [1.807, 2.05) is 12.4 Å². The molecule has 0 amide bonds. The summed E-state index contributed by atoms with van der Waals surface area (Å²) in [5.74, 6) is 1.84. The van der Waals surface area contributed by atoms with Crippen LogP contribution in [-0.4, -0.2) is 77.1 Å². The third-order valence-corrected chi connectivity index (χ3v) is 9.37. The van der Waals surface area contributed by atoms with Crippen molar-refractivity contribution in [2.75, 3.05) is 55.7 Å². The summed E-state index contributed by atoms with van der Waals surface area (Å²) >= 11 is 1.58. The summed E-state index contributed by atoms with van der Waals surface area (Å²) in [6.07, 6.45) is 13.4. The lowest BCUT2D eigenvalue weighted by atomic mass is 9.82. The fraction of sp³-hybridized carbons (Fsp3) is 0.593. The van der Waals surface area contributed by atoms with E-state index in [2.05, 4.69) is 42.4 Å². The van der Waals surface area contributed by atoms with Gasteiger partial charge in [-0.05, 0) is 63.1 Å². The van der Waals surface area contributed by atoms with Gasteiger partial charge in [0.05, 0.1) is 43.2 Å². The van der Waals surface area contributed by atoms with E-state index in [0.717, 1.165) is 59.3 Å². The standard InChI is InChI=1S/C27H34N8OS/c1-2-10-34(9-1)24-15-28-14-22(31-24)25-32-33-26(37-25)27(17-36-18-27)23-8-7-21(13-30-23)35-11-3-4-20(16-35)29-12-19-5-6-19/h7-8,13-15,19-20,29H,1-6,9-12,16-18H2. The predicted octanol–water partition coefficient (Wildman–Crippen LogP) is 3.28. The quantitative estimate of drug-likeness (QED) is 0.482. The Kier molecular flexibility index (Phi) is 6.26. The van der Waals surface area contributed by atoms with Crippen molar-refractivity contribution in [2.45, 2.75) is 50.0 Å². The first-order valence-electron chi connectivity index (χ1n) is 13.7. The van der Waals surface area contributed by atoms with Gasteiger partial charge in [-0.15, -0.1) is 10.2 Å². The monoisotopic (exact) mass is 518 g/mol. The highest BCUT2D eigenvalue weighted by Gasteiger charge is 2.47. The number of rotatable bonds is 8. The molecule has 0 spiro atoms. The van der Waals surface area contributed by atoms with Gasteiger partial charge in [0.25, 0.3) is 0 Å². The number of anilines is 2. The van der Waals surface area contributed by atoms with E-state index in [0.29, 0.717) is 19.3 Å². The molecule has 9 nitrogen and oxygen atoms in total. The van der Waals surface area contributed by atoms with Crippen LogP contribution in [-0.2, 0) is 10.2 Å². The van der Waals surface area contributed by atoms with Crippen LogP contribution in [0.1, 0.15) is 49.2 Å². The van der Waals surface area contributed by atoms with Crippen LogP contribution in [0.4, 0.5) is 11.5 Å². The van der Waals surface area contributed by atoms with Crippen molar-refractivity contribution in [2.24, 2.45) is 5.92 Å². The molecule has 1 saturated carbocycles. The van der Waals surface area contributed by atoms with Gasteiger partial charge in [-0.3, -0.25) is 9.97 Å². The maximum Gasteiger partial charge on any atom is 0.168 e. The Morgan fingerprint density at radius 1 is 0.973 bits per heavy atom. The van der Waals surface area contributed by atoms with E-state index in [9.17, 15) is 0 Å². The van der Waals surface area contributed by atoms with E-state index in [1.54, 1.807) is 17.5 Å². The molecule has 3 aliphatic heterocycles. The topological polar surface area (TPSA) is 92.2 Å². The van der Waals surface area contributed by atoms with Gasteiger partial charge < -0.3 is 19.9 Å².